The molecule has 4 nitrogen and oxygen atoms in total. The highest BCUT2D eigenvalue weighted by molar-refractivity contribution is 5.44. The summed E-state index contributed by atoms with van der Waals surface area (Å²) in [4.78, 5) is 7.55. The summed E-state index contributed by atoms with van der Waals surface area (Å²) in [6, 6.07) is 8.31. The molecule has 0 aliphatic heterocycles. The molecule has 1 atom stereocenters. The molecule has 1 aliphatic carbocycles. The molecule has 3 rings (SSSR count). The number of hydrogen-bond acceptors (Lipinski definition) is 4. The lowest BCUT2D eigenvalue weighted by molar-refractivity contribution is 0.579. The van der Waals surface area contributed by atoms with Gasteiger partial charge in [-0.15, -0.1) is 0 Å². The molecule has 0 spiro atoms. The highest BCUT2D eigenvalue weighted by atomic mass is 19.1. The molecule has 1 unspecified atom stereocenters. The monoisotopic (exact) mass is 258 g/mol. The van der Waals surface area contributed by atoms with E-state index in [4.69, 9.17) is 5.73 Å². The fourth-order valence-electron chi connectivity index (χ4n) is 2.55. The van der Waals surface area contributed by atoms with E-state index in [9.17, 15) is 4.39 Å². The first-order valence-corrected chi connectivity index (χ1v) is 6.36. The normalized spacial score (nSPS) is 17.8. The zero-order valence-electron chi connectivity index (χ0n) is 10.4. The number of nitrogen functional groups attached to an aromatic ring is 1. The summed E-state index contributed by atoms with van der Waals surface area (Å²) in [7, 11) is 0. The average molecular weight is 258 g/mol. The smallest absolute Gasteiger partial charge is 0.222 e. The van der Waals surface area contributed by atoms with Crippen molar-refractivity contribution in [2.75, 3.05) is 11.1 Å². The summed E-state index contributed by atoms with van der Waals surface area (Å²) >= 11 is 0. The van der Waals surface area contributed by atoms with Crippen LogP contribution in [0.5, 0.6) is 0 Å². The fraction of sp³-hybridized carbons (Fsp3) is 0.286. The molecule has 0 saturated heterocycles. The molecule has 2 aromatic rings. The molecule has 1 aromatic heterocycles. The van der Waals surface area contributed by atoms with E-state index in [1.165, 1.54) is 11.1 Å². The van der Waals surface area contributed by atoms with Crippen LogP contribution in [0, 0.1) is 5.82 Å². The quantitative estimate of drug-likeness (QED) is 0.869. The largest absolute Gasteiger partial charge is 0.368 e. The Balaban J connectivity index is 1.90. The first-order valence-electron chi connectivity index (χ1n) is 6.36. The van der Waals surface area contributed by atoms with Crippen molar-refractivity contribution in [1.82, 2.24) is 9.97 Å². The minimum Gasteiger partial charge on any atom is -0.368 e. The molecule has 19 heavy (non-hydrogen) atoms. The van der Waals surface area contributed by atoms with Crippen LogP contribution in [-0.4, -0.2) is 9.97 Å². The van der Waals surface area contributed by atoms with E-state index in [1.807, 2.05) is 12.1 Å². The summed E-state index contributed by atoms with van der Waals surface area (Å²) in [5, 5.41) is 3.14. The Bertz CT molecular complexity index is 600. The van der Waals surface area contributed by atoms with Gasteiger partial charge in [-0.05, 0) is 30.4 Å². The number of nitrogens with one attached hydrogen (secondary N) is 1. The van der Waals surface area contributed by atoms with Crippen molar-refractivity contribution in [3.8, 4) is 0 Å². The lowest BCUT2D eigenvalue weighted by Crippen LogP contribution is -2.19. The summed E-state index contributed by atoms with van der Waals surface area (Å²) in [5.41, 5.74) is 8.03. The Morgan fingerprint density at radius 3 is 3.05 bits per heavy atom. The zero-order chi connectivity index (χ0) is 13.2. The molecule has 0 amide bonds. The molecule has 3 N–H and O–H groups in total. The van der Waals surface area contributed by atoms with E-state index in [1.54, 1.807) is 0 Å². The minimum absolute atomic E-state index is 0.0768. The molecule has 0 radical (unpaired) electrons. The van der Waals surface area contributed by atoms with Crippen LogP contribution in [0.25, 0.3) is 0 Å². The van der Waals surface area contributed by atoms with Crippen molar-refractivity contribution < 1.29 is 4.39 Å². The number of rotatable bonds is 2. The van der Waals surface area contributed by atoms with Gasteiger partial charge in [0, 0.05) is 0 Å². The molecule has 0 saturated carbocycles. The summed E-state index contributed by atoms with van der Waals surface area (Å²) in [6.07, 6.45) is 4.21. The maximum Gasteiger partial charge on any atom is 0.222 e. The van der Waals surface area contributed by atoms with E-state index >= 15 is 0 Å². The number of aryl methyl sites for hydroxylation is 1. The van der Waals surface area contributed by atoms with Crippen LogP contribution in [0.4, 0.5) is 16.2 Å². The second-order valence-corrected chi connectivity index (χ2v) is 4.71. The number of hydrogen-bond donors (Lipinski definition) is 2. The number of anilines is 2. The second-order valence-electron chi connectivity index (χ2n) is 4.71. The van der Waals surface area contributed by atoms with Crippen molar-refractivity contribution in [3.05, 3.63) is 47.4 Å². The number of nitrogens with two attached hydrogens (primary N) is 1. The summed E-state index contributed by atoms with van der Waals surface area (Å²) in [5.74, 6) is -0.223. The Labute approximate surface area is 110 Å². The van der Waals surface area contributed by atoms with Crippen LogP contribution in [0.1, 0.15) is 30.0 Å². The van der Waals surface area contributed by atoms with Crippen molar-refractivity contribution in [3.63, 3.8) is 0 Å². The van der Waals surface area contributed by atoms with Gasteiger partial charge >= 0.3 is 0 Å². The summed E-state index contributed by atoms with van der Waals surface area (Å²) in [6.45, 7) is 0. The third-order valence-electron chi connectivity index (χ3n) is 3.44. The van der Waals surface area contributed by atoms with Gasteiger partial charge in [-0.2, -0.15) is 4.98 Å². The van der Waals surface area contributed by atoms with Crippen molar-refractivity contribution in [2.45, 2.75) is 25.3 Å². The number of benzene rings is 1. The number of halogens is 1. The Kier molecular flexibility index (Phi) is 3.03. The van der Waals surface area contributed by atoms with Gasteiger partial charge in [0.15, 0.2) is 11.6 Å². The zero-order valence-corrected chi connectivity index (χ0v) is 10.4. The topological polar surface area (TPSA) is 63.8 Å². The summed E-state index contributed by atoms with van der Waals surface area (Å²) < 4.78 is 13.7. The minimum atomic E-state index is -0.475. The van der Waals surface area contributed by atoms with Crippen LogP contribution in [0.2, 0.25) is 0 Å². The molecular formula is C14H15FN4. The van der Waals surface area contributed by atoms with Crippen molar-refractivity contribution in [2.24, 2.45) is 0 Å². The van der Waals surface area contributed by atoms with Gasteiger partial charge in [0.05, 0.1) is 12.2 Å². The fourth-order valence-corrected chi connectivity index (χ4v) is 2.55. The van der Waals surface area contributed by atoms with Gasteiger partial charge in [0.2, 0.25) is 5.95 Å². The highest BCUT2D eigenvalue weighted by Gasteiger charge is 2.21. The van der Waals surface area contributed by atoms with Crippen LogP contribution < -0.4 is 11.1 Å². The predicted molar refractivity (Wildman–Crippen MR) is 72.1 cm³/mol. The van der Waals surface area contributed by atoms with Crippen molar-refractivity contribution in [1.29, 1.82) is 0 Å². The van der Waals surface area contributed by atoms with Crippen LogP contribution in [-0.2, 0) is 6.42 Å². The Morgan fingerprint density at radius 2 is 2.16 bits per heavy atom. The van der Waals surface area contributed by atoms with Gasteiger partial charge in [-0.3, -0.25) is 0 Å². The van der Waals surface area contributed by atoms with Crippen LogP contribution in [0.3, 0.4) is 0 Å². The predicted octanol–water partition coefficient (Wildman–Crippen LogP) is 2.69. The van der Waals surface area contributed by atoms with Gasteiger partial charge in [-0.1, -0.05) is 24.3 Å². The molecule has 0 bridgehead atoms. The maximum absolute atomic E-state index is 13.7. The van der Waals surface area contributed by atoms with Gasteiger partial charge in [-0.25, -0.2) is 9.37 Å². The molecular weight excluding hydrogens is 243 g/mol. The van der Waals surface area contributed by atoms with E-state index in [2.05, 4.69) is 27.4 Å². The van der Waals surface area contributed by atoms with Crippen molar-refractivity contribution >= 4 is 11.8 Å². The van der Waals surface area contributed by atoms with Crippen LogP contribution >= 0.6 is 0 Å². The maximum atomic E-state index is 13.7. The van der Waals surface area contributed by atoms with E-state index in [-0.39, 0.29) is 17.8 Å². The standard InChI is InChI=1S/C14H15FN4/c15-11-8-17-14(16)19-13(11)18-12-7-3-5-9-4-1-2-6-10(9)12/h1-2,4,6,8,12H,3,5,7H2,(H3,16,17,18,19). The molecule has 1 heterocycles. The van der Waals surface area contributed by atoms with Gasteiger partial charge in [0.25, 0.3) is 0 Å². The third kappa shape index (κ3) is 2.36. The van der Waals surface area contributed by atoms with Gasteiger partial charge in [0.1, 0.15) is 0 Å². The molecule has 98 valence electrons. The van der Waals surface area contributed by atoms with Crippen LogP contribution in [0.15, 0.2) is 30.5 Å². The number of fused-ring (bicyclic) bond motifs is 1. The number of aromatic nitrogens is 2. The SMILES string of the molecule is Nc1ncc(F)c(NC2CCCc3ccccc32)n1. The lowest BCUT2D eigenvalue weighted by Gasteiger charge is -2.26. The average Bonchev–Trinajstić information content (AvgIpc) is 2.43. The second kappa shape index (κ2) is 4.84. The highest BCUT2D eigenvalue weighted by Crippen LogP contribution is 2.32. The number of nitrogens with zero attached hydrogens (tertiary/aromatic N) is 2. The molecule has 1 aromatic carbocycles. The molecule has 5 heteroatoms. The van der Waals surface area contributed by atoms with E-state index in [0.717, 1.165) is 25.5 Å². The first-order chi connectivity index (χ1) is 9.24. The Hall–Kier alpha value is -2.17. The third-order valence-corrected chi connectivity index (χ3v) is 3.44. The Morgan fingerprint density at radius 1 is 1.32 bits per heavy atom. The lowest BCUT2D eigenvalue weighted by atomic mass is 9.88. The molecule has 1 aliphatic rings. The van der Waals surface area contributed by atoms with E-state index < -0.39 is 5.82 Å². The first kappa shape index (κ1) is 11.9. The van der Waals surface area contributed by atoms with E-state index in [0.29, 0.717) is 0 Å². The molecule has 0 fully saturated rings. The van der Waals surface area contributed by atoms with Gasteiger partial charge < -0.3 is 11.1 Å².